The molecule has 3 heteroatoms. The van der Waals surface area contributed by atoms with Crippen LogP contribution < -0.4 is 0 Å². The van der Waals surface area contributed by atoms with Gasteiger partial charge in [-0.1, -0.05) is 0 Å². The summed E-state index contributed by atoms with van der Waals surface area (Å²) in [6.45, 7) is 0. The SMILES string of the molecule is N#Cc1ccc2nc(C3C4C5CCC(C5)C34)[nH]c2c1. The molecule has 0 aliphatic heterocycles. The Hall–Kier alpha value is -1.82. The molecule has 94 valence electrons. The van der Waals surface area contributed by atoms with Crippen molar-refractivity contribution in [2.45, 2.75) is 25.2 Å². The Morgan fingerprint density at radius 2 is 2.00 bits per heavy atom. The largest absolute Gasteiger partial charge is 0.342 e. The van der Waals surface area contributed by atoms with Gasteiger partial charge in [-0.2, -0.15) is 5.26 Å². The van der Waals surface area contributed by atoms with E-state index in [2.05, 4.69) is 11.1 Å². The summed E-state index contributed by atoms with van der Waals surface area (Å²) in [4.78, 5) is 8.23. The molecule has 1 aromatic carbocycles. The first-order chi connectivity index (χ1) is 9.35. The highest BCUT2D eigenvalue weighted by molar-refractivity contribution is 5.77. The Morgan fingerprint density at radius 1 is 1.21 bits per heavy atom. The average molecular weight is 249 g/mol. The lowest BCUT2D eigenvalue weighted by Gasteiger charge is -2.05. The maximum atomic E-state index is 8.95. The topological polar surface area (TPSA) is 52.5 Å². The monoisotopic (exact) mass is 249 g/mol. The van der Waals surface area contributed by atoms with Crippen molar-refractivity contribution in [3.8, 4) is 6.07 Å². The van der Waals surface area contributed by atoms with Gasteiger partial charge in [-0.15, -0.1) is 0 Å². The number of rotatable bonds is 1. The molecule has 2 aromatic rings. The van der Waals surface area contributed by atoms with E-state index in [-0.39, 0.29) is 0 Å². The van der Waals surface area contributed by atoms with Crippen LogP contribution in [0.1, 0.15) is 36.6 Å². The maximum Gasteiger partial charge on any atom is 0.110 e. The van der Waals surface area contributed by atoms with Gasteiger partial charge in [-0.05, 0) is 61.1 Å². The molecule has 3 nitrogen and oxygen atoms in total. The van der Waals surface area contributed by atoms with Gasteiger partial charge in [0.25, 0.3) is 0 Å². The van der Waals surface area contributed by atoms with Crippen molar-refractivity contribution >= 4 is 11.0 Å². The summed E-state index contributed by atoms with van der Waals surface area (Å²) in [7, 11) is 0. The molecule has 0 spiro atoms. The number of aromatic nitrogens is 2. The van der Waals surface area contributed by atoms with Gasteiger partial charge in [-0.25, -0.2) is 4.98 Å². The molecule has 3 aliphatic rings. The molecule has 4 atom stereocenters. The molecule has 3 aliphatic carbocycles. The zero-order valence-corrected chi connectivity index (χ0v) is 10.6. The van der Waals surface area contributed by atoms with Crippen LogP contribution in [-0.4, -0.2) is 9.97 Å². The number of aromatic amines is 1. The van der Waals surface area contributed by atoms with E-state index in [4.69, 9.17) is 10.2 Å². The molecule has 1 heterocycles. The van der Waals surface area contributed by atoms with Gasteiger partial charge in [0.05, 0.1) is 22.7 Å². The molecule has 1 N–H and O–H groups in total. The summed E-state index contributed by atoms with van der Waals surface area (Å²) in [5.41, 5.74) is 2.73. The number of nitriles is 1. The van der Waals surface area contributed by atoms with E-state index in [0.29, 0.717) is 11.5 Å². The number of nitrogens with one attached hydrogen (secondary N) is 1. The second-order valence-electron chi connectivity index (χ2n) is 6.48. The average Bonchev–Trinajstić information content (AvgIpc) is 2.82. The lowest BCUT2D eigenvalue weighted by molar-refractivity contribution is 0.456. The highest BCUT2D eigenvalue weighted by Gasteiger charge is 2.66. The van der Waals surface area contributed by atoms with Crippen molar-refractivity contribution in [2.24, 2.45) is 23.7 Å². The standard InChI is InChI=1S/C16H15N3/c17-7-8-1-4-11-12(5-8)19-16(18-11)15-13-9-2-3-10(6-9)14(13)15/h1,4-5,9-10,13-15H,2-3,6H2,(H,18,19). The van der Waals surface area contributed by atoms with E-state index in [1.54, 1.807) is 0 Å². The van der Waals surface area contributed by atoms with Crippen molar-refractivity contribution < 1.29 is 0 Å². The first-order valence-electron chi connectivity index (χ1n) is 7.25. The molecule has 3 fully saturated rings. The van der Waals surface area contributed by atoms with Crippen LogP contribution in [0, 0.1) is 35.0 Å². The molecule has 19 heavy (non-hydrogen) atoms. The smallest absolute Gasteiger partial charge is 0.110 e. The summed E-state index contributed by atoms with van der Waals surface area (Å²) in [5, 5.41) is 8.95. The molecule has 0 amide bonds. The van der Waals surface area contributed by atoms with Crippen LogP contribution in [0.3, 0.4) is 0 Å². The maximum absolute atomic E-state index is 8.95. The first-order valence-corrected chi connectivity index (χ1v) is 7.25. The lowest BCUT2D eigenvalue weighted by Crippen LogP contribution is -1.98. The molecule has 1 aromatic heterocycles. The number of hydrogen-bond acceptors (Lipinski definition) is 2. The molecule has 5 rings (SSSR count). The van der Waals surface area contributed by atoms with E-state index >= 15 is 0 Å². The first kappa shape index (κ1) is 10.0. The zero-order valence-electron chi connectivity index (χ0n) is 10.6. The van der Waals surface area contributed by atoms with E-state index in [1.807, 2.05) is 18.2 Å². The second-order valence-corrected chi connectivity index (χ2v) is 6.48. The number of benzene rings is 1. The van der Waals surface area contributed by atoms with E-state index in [1.165, 1.54) is 25.1 Å². The number of hydrogen-bond donors (Lipinski definition) is 1. The van der Waals surface area contributed by atoms with E-state index < -0.39 is 0 Å². The van der Waals surface area contributed by atoms with E-state index in [0.717, 1.165) is 34.7 Å². The summed E-state index contributed by atoms with van der Waals surface area (Å²) in [6, 6.07) is 7.92. The summed E-state index contributed by atoms with van der Waals surface area (Å²) in [6.07, 6.45) is 4.37. The molecule has 3 saturated carbocycles. The van der Waals surface area contributed by atoms with Gasteiger partial charge in [0, 0.05) is 5.92 Å². The molecular formula is C16H15N3. The zero-order chi connectivity index (χ0) is 12.6. The molecular weight excluding hydrogens is 234 g/mol. The fourth-order valence-corrected chi connectivity index (χ4v) is 4.95. The third-order valence-corrected chi connectivity index (χ3v) is 5.68. The fourth-order valence-electron chi connectivity index (χ4n) is 4.95. The highest BCUT2D eigenvalue weighted by Crippen LogP contribution is 2.72. The predicted molar refractivity (Wildman–Crippen MR) is 71.4 cm³/mol. The minimum atomic E-state index is 0.684. The quantitative estimate of drug-likeness (QED) is 0.843. The van der Waals surface area contributed by atoms with Gasteiger partial charge in [0.2, 0.25) is 0 Å². The van der Waals surface area contributed by atoms with Gasteiger partial charge in [0.15, 0.2) is 0 Å². The van der Waals surface area contributed by atoms with Crippen LogP contribution in [0.15, 0.2) is 18.2 Å². The Balaban J connectivity index is 1.55. The van der Waals surface area contributed by atoms with E-state index in [9.17, 15) is 0 Å². The van der Waals surface area contributed by atoms with Crippen molar-refractivity contribution in [1.82, 2.24) is 9.97 Å². The molecule has 4 unspecified atom stereocenters. The minimum absolute atomic E-state index is 0.684. The molecule has 0 radical (unpaired) electrons. The minimum Gasteiger partial charge on any atom is -0.342 e. The second kappa shape index (κ2) is 3.19. The summed E-state index contributed by atoms with van der Waals surface area (Å²) >= 11 is 0. The number of imidazole rings is 1. The van der Waals surface area contributed by atoms with Gasteiger partial charge in [0.1, 0.15) is 5.82 Å². The van der Waals surface area contributed by atoms with Crippen LogP contribution in [-0.2, 0) is 0 Å². The summed E-state index contributed by atoms with van der Waals surface area (Å²) in [5.74, 6) is 5.64. The van der Waals surface area contributed by atoms with Crippen molar-refractivity contribution in [1.29, 1.82) is 5.26 Å². The van der Waals surface area contributed by atoms with Crippen molar-refractivity contribution in [3.63, 3.8) is 0 Å². The Bertz CT molecular complexity index is 707. The van der Waals surface area contributed by atoms with Crippen LogP contribution in [0.2, 0.25) is 0 Å². The third kappa shape index (κ3) is 1.19. The molecule has 0 saturated heterocycles. The molecule has 2 bridgehead atoms. The Morgan fingerprint density at radius 3 is 2.74 bits per heavy atom. The number of nitrogens with zero attached hydrogens (tertiary/aromatic N) is 2. The Kier molecular flexibility index (Phi) is 1.68. The van der Waals surface area contributed by atoms with Crippen molar-refractivity contribution in [3.05, 3.63) is 29.6 Å². The summed E-state index contributed by atoms with van der Waals surface area (Å²) < 4.78 is 0. The highest BCUT2D eigenvalue weighted by atomic mass is 15.0. The van der Waals surface area contributed by atoms with Crippen LogP contribution in [0.4, 0.5) is 0 Å². The lowest BCUT2D eigenvalue weighted by atomic mass is 10.0. The third-order valence-electron chi connectivity index (χ3n) is 5.68. The van der Waals surface area contributed by atoms with Crippen molar-refractivity contribution in [2.75, 3.05) is 0 Å². The fraction of sp³-hybridized carbons (Fsp3) is 0.500. The van der Waals surface area contributed by atoms with Crippen LogP contribution in [0.5, 0.6) is 0 Å². The number of H-pyrrole nitrogens is 1. The van der Waals surface area contributed by atoms with Crippen LogP contribution >= 0.6 is 0 Å². The van der Waals surface area contributed by atoms with Gasteiger partial charge in [-0.3, -0.25) is 0 Å². The van der Waals surface area contributed by atoms with Crippen LogP contribution in [0.25, 0.3) is 11.0 Å². The Labute approximate surface area is 111 Å². The van der Waals surface area contributed by atoms with Gasteiger partial charge >= 0.3 is 0 Å². The number of fused-ring (bicyclic) bond motifs is 6. The predicted octanol–water partition coefficient (Wildman–Crippen LogP) is 3.19. The normalized spacial score (nSPS) is 38.4. The van der Waals surface area contributed by atoms with Gasteiger partial charge < -0.3 is 4.98 Å².